The minimum absolute atomic E-state index is 0.614. The van der Waals surface area contributed by atoms with Crippen LogP contribution in [0, 0.1) is 11.3 Å². The maximum absolute atomic E-state index is 8.76. The molecule has 0 radical (unpaired) electrons. The van der Waals surface area contributed by atoms with Crippen LogP contribution in [0.3, 0.4) is 0 Å². The molecule has 0 N–H and O–H groups in total. The monoisotopic (exact) mass is 385 g/mol. The summed E-state index contributed by atoms with van der Waals surface area (Å²) in [6.07, 6.45) is 4.73. The molecule has 0 aliphatic carbocycles. The second kappa shape index (κ2) is 10.6. The Balaban J connectivity index is 1.78. The normalized spacial score (nSPS) is 10.7. The van der Waals surface area contributed by atoms with Crippen LogP contribution < -0.4 is 4.74 Å². The molecule has 0 amide bonds. The molecule has 0 aliphatic heterocycles. The number of rotatable bonds is 9. The molecule has 0 bridgehead atoms. The molecule has 2 aromatic carbocycles. The third-order valence-electron chi connectivity index (χ3n) is 3.41. The fourth-order valence-corrected chi connectivity index (χ4v) is 2.46. The molecule has 0 fully saturated rings. The van der Waals surface area contributed by atoms with Crippen LogP contribution in [0.4, 0.5) is 11.4 Å². The van der Waals surface area contributed by atoms with Gasteiger partial charge in [0.2, 0.25) is 0 Å². The summed E-state index contributed by atoms with van der Waals surface area (Å²) in [5, 5.41) is 18.2. The SMILES string of the molecule is N#Cc1ccc(/N=N/c2ccc(OCCCCCCBr)cc2)cc1. The molecule has 0 saturated heterocycles. The quantitative estimate of drug-likeness (QED) is 0.288. The highest BCUT2D eigenvalue weighted by atomic mass is 79.9. The molecular weight excluding hydrogens is 366 g/mol. The smallest absolute Gasteiger partial charge is 0.119 e. The van der Waals surface area contributed by atoms with Gasteiger partial charge in [-0.3, -0.25) is 0 Å². The Hall–Kier alpha value is -2.19. The van der Waals surface area contributed by atoms with Crippen molar-refractivity contribution in [2.75, 3.05) is 11.9 Å². The van der Waals surface area contributed by atoms with Crippen LogP contribution in [0.25, 0.3) is 0 Å². The van der Waals surface area contributed by atoms with Crippen molar-refractivity contribution in [1.29, 1.82) is 5.26 Å². The second-order valence-corrected chi connectivity index (χ2v) is 6.10. The summed E-state index contributed by atoms with van der Waals surface area (Å²) in [5.74, 6) is 0.854. The van der Waals surface area contributed by atoms with Crippen LogP contribution in [0.15, 0.2) is 58.8 Å². The van der Waals surface area contributed by atoms with Gasteiger partial charge in [-0.05, 0) is 61.4 Å². The van der Waals surface area contributed by atoms with Crippen molar-refractivity contribution in [2.24, 2.45) is 10.2 Å². The molecule has 2 aromatic rings. The largest absolute Gasteiger partial charge is 0.494 e. The molecule has 124 valence electrons. The lowest BCUT2D eigenvalue weighted by Crippen LogP contribution is -1.96. The third kappa shape index (κ3) is 6.51. The Morgan fingerprint density at radius 3 is 2.00 bits per heavy atom. The van der Waals surface area contributed by atoms with Crippen molar-refractivity contribution in [3.05, 3.63) is 54.1 Å². The van der Waals surface area contributed by atoms with Crippen molar-refractivity contribution in [2.45, 2.75) is 25.7 Å². The van der Waals surface area contributed by atoms with Crippen molar-refractivity contribution in [1.82, 2.24) is 0 Å². The number of azo groups is 1. The second-order valence-electron chi connectivity index (χ2n) is 5.30. The van der Waals surface area contributed by atoms with E-state index in [4.69, 9.17) is 10.00 Å². The molecule has 4 nitrogen and oxygen atoms in total. The molecule has 0 atom stereocenters. The first-order chi connectivity index (χ1) is 11.8. The number of alkyl halides is 1. The lowest BCUT2D eigenvalue weighted by molar-refractivity contribution is 0.305. The van der Waals surface area contributed by atoms with E-state index in [0.29, 0.717) is 5.56 Å². The van der Waals surface area contributed by atoms with Crippen molar-refractivity contribution < 1.29 is 4.74 Å². The molecule has 2 rings (SSSR count). The Morgan fingerprint density at radius 1 is 0.833 bits per heavy atom. The van der Waals surface area contributed by atoms with E-state index in [1.54, 1.807) is 24.3 Å². The zero-order valence-electron chi connectivity index (χ0n) is 13.5. The van der Waals surface area contributed by atoms with Crippen LogP contribution in [0.2, 0.25) is 0 Å². The summed E-state index contributed by atoms with van der Waals surface area (Å²) in [6, 6.07) is 16.7. The first-order valence-electron chi connectivity index (χ1n) is 8.02. The van der Waals surface area contributed by atoms with Crippen LogP contribution in [0.5, 0.6) is 5.75 Å². The average Bonchev–Trinajstić information content (AvgIpc) is 2.64. The summed E-state index contributed by atoms with van der Waals surface area (Å²) in [7, 11) is 0. The van der Waals surface area contributed by atoms with E-state index in [9.17, 15) is 0 Å². The summed E-state index contributed by atoms with van der Waals surface area (Å²) >= 11 is 3.44. The zero-order valence-corrected chi connectivity index (χ0v) is 15.1. The summed E-state index contributed by atoms with van der Waals surface area (Å²) in [6.45, 7) is 0.744. The number of nitriles is 1. The minimum Gasteiger partial charge on any atom is -0.494 e. The van der Waals surface area contributed by atoms with Gasteiger partial charge < -0.3 is 4.74 Å². The van der Waals surface area contributed by atoms with Crippen LogP contribution in [0.1, 0.15) is 31.2 Å². The third-order valence-corrected chi connectivity index (χ3v) is 3.97. The molecule has 0 spiro atoms. The fraction of sp³-hybridized carbons (Fsp3) is 0.316. The maximum Gasteiger partial charge on any atom is 0.119 e. The highest BCUT2D eigenvalue weighted by Gasteiger charge is 1.96. The zero-order chi connectivity index (χ0) is 17.0. The molecule has 0 saturated carbocycles. The van der Waals surface area contributed by atoms with Gasteiger partial charge in [-0.1, -0.05) is 28.8 Å². The van der Waals surface area contributed by atoms with Gasteiger partial charge in [-0.2, -0.15) is 15.5 Å². The van der Waals surface area contributed by atoms with Gasteiger partial charge in [0.1, 0.15) is 5.75 Å². The number of hydrogen-bond acceptors (Lipinski definition) is 4. The Kier molecular flexibility index (Phi) is 7.99. The van der Waals surface area contributed by atoms with Crippen molar-refractivity contribution in [3.8, 4) is 11.8 Å². The Morgan fingerprint density at radius 2 is 1.42 bits per heavy atom. The van der Waals surface area contributed by atoms with Gasteiger partial charge in [0, 0.05) is 5.33 Å². The highest BCUT2D eigenvalue weighted by Crippen LogP contribution is 2.21. The van der Waals surface area contributed by atoms with Gasteiger partial charge in [0.25, 0.3) is 0 Å². The van der Waals surface area contributed by atoms with Gasteiger partial charge in [-0.25, -0.2) is 0 Å². The van der Waals surface area contributed by atoms with Crippen LogP contribution in [-0.4, -0.2) is 11.9 Å². The molecule has 24 heavy (non-hydrogen) atoms. The maximum atomic E-state index is 8.76. The molecule has 0 aliphatic rings. The number of halogens is 1. The van der Waals surface area contributed by atoms with E-state index in [1.807, 2.05) is 24.3 Å². The summed E-state index contributed by atoms with van der Waals surface area (Å²) in [5.41, 5.74) is 2.10. The van der Waals surface area contributed by atoms with Crippen LogP contribution in [-0.2, 0) is 0 Å². The van der Waals surface area contributed by atoms with E-state index in [0.717, 1.165) is 35.5 Å². The average molecular weight is 386 g/mol. The van der Waals surface area contributed by atoms with E-state index in [2.05, 4.69) is 32.2 Å². The van der Waals surface area contributed by atoms with Gasteiger partial charge in [0.15, 0.2) is 0 Å². The van der Waals surface area contributed by atoms with Gasteiger partial charge in [0.05, 0.1) is 29.6 Å². The lowest BCUT2D eigenvalue weighted by Gasteiger charge is -2.05. The molecular formula is C19H20BrN3O. The Labute approximate surface area is 151 Å². The standard InChI is InChI=1S/C19H20BrN3O/c20-13-3-1-2-4-14-24-19-11-9-18(10-12-19)23-22-17-7-5-16(15-21)6-8-17/h5-12H,1-4,13-14H2/b23-22+. The molecule has 0 unspecified atom stereocenters. The van der Waals surface area contributed by atoms with E-state index < -0.39 is 0 Å². The number of hydrogen-bond donors (Lipinski definition) is 0. The molecule has 0 heterocycles. The highest BCUT2D eigenvalue weighted by molar-refractivity contribution is 9.09. The summed E-state index contributed by atoms with van der Waals surface area (Å²) in [4.78, 5) is 0. The predicted octanol–water partition coefficient (Wildman–Crippen LogP) is 6.31. The van der Waals surface area contributed by atoms with Crippen LogP contribution >= 0.6 is 15.9 Å². The first-order valence-corrected chi connectivity index (χ1v) is 9.15. The van der Waals surface area contributed by atoms with E-state index in [-0.39, 0.29) is 0 Å². The fourth-order valence-electron chi connectivity index (χ4n) is 2.07. The van der Waals surface area contributed by atoms with E-state index >= 15 is 0 Å². The number of ether oxygens (including phenoxy) is 1. The molecule has 0 aromatic heterocycles. The lowest BCUT2D eigenvalue weighted by atomic mass is 10.2. The predicted molar refractivity (Wildman–Crippen MR) is 99.5 cm³/mol. The number of nitrogens with zero attached hydrogens (tertiary/aromatic N) is 3. The number of unbranched alkanes of at least 4 members (excludes halogenated alkanes) is 3. The Bertz CT molecular complexity index is 675. The minimum atomic E-state index is 0.614. The number of benzene rings is 2. The van der Waals surface area contributed by atoms with Gasteiger partial charge >= 0.3 is 0 Å². The van der Waals surface area contributed by atoms with E-state index in [1.165, 1.54) is 19.3 Å². The topological polar surface area (TPSA) is 57.7 Å². The van der Waals surface area contributed by atoms with Crippen molar-refractivity contribution >= 4 is 27.3 Å². The summed E-state index contributed by atoms with van der Waals surface area (Å²) < 4.78 is 5.71. The van der Waals surface area contributed by atoms with Crippen molar-refractivity contribution in [3.63, 3.8) is 0 Å². The first kappa shape index (κ1) is 18.2. The van der Waals surface area contributed by atoms with Gasteiger partial charge in [-0.15, -0.1) is 0 Å². The molecule has 5 heteroatoms.